The van der Waals surface area contributed by atoms with E-state index < -0.39 is 16.1 Å². The molecule has 1 aromatic rings. The summed E-state index contributed by atoms with van der Waals surface area (Å²) in [6, 6.07) is 6.97. The van der Waals surface area contributed by atoms with Crippen molar-refractivity contribution in [3.63, 3.8) is 0 Å². The van der Waals surface area contributed by atoms with Crippen molar-refractivity contribution in [2.45, 2.75) is 31.8 Å². The SMILES string of the molecule is CS(=O)(=O)Nc1cccc(C(O)CN2CCCCCC2)c1. The molecule has 6 heteroatoms. The van der Waals surface area contributed by atoms with Gasteiger partial charge in [0.15, 0.2) is 0 Å². The van der Waals surface area contributed by atoms with E-state index >= 15 is 0 Å². The second-order valence-electron chi connectivity index (χ2n) is 5.73. The second-order valence-corrected chi connectivity index (χ2v) is 7.48. The lowest BCUT2D eigenvalue weighted by molar-refractivity contribution is 0.115. The molecule has 1 heterocycles. The first kappa shape index (κ1) is 16.3. The summed E-state index contributed by atoms with van der Waals surface area (Å²) in [5.41, 5.74) is 1.23. The van der Waals surface area contributed by atoms with Gasteiger partial charge in [-0.2, -0.15) is 0 Å². The third-order valence-electron chi connectivity index (χ3n) is 3.70. The van der Waals surface area contributed by atoms with E-state index in [4.69, 9.17) is 0 Å². The van der Waals surface area contributed by atoms with Crippen molar-refractivity contribution < 1.29 is 13.5 Å². The molecule has 0 spiro atoms. The van der Waals surface area contributed by atoms with Gasteiger partial charge >= 0.3 is 0 Å². The molecule has 0 amide bonds. The van der Waals surface area contributed by atoms with Gasteiger partial charge in [0, 0.05) is 12.2 Å². The quantitative estimate of drug-likeness (QED) is 0.872. The predicted octanol–water partition coefficient (Wildman–Crippen LogP) is 1.97. The fraction of sp³-hybridized carbons (Fsp3) is 0.600. The Morgan fingerprint density at radius 2 is 1.90 bits per heavy atom. The maximum atomic E-state index is 11.3. The van der Waals surface area contributed by atoms with Crippen LogP contribution in [-0.2, 0) is 10.0 Å². The summed E-state index contributed by atoms with van der Waals surface area (Å²) in [6.45, 7) is 2.65. The number of nitrogens with one attached hydrogen (secondary N) is 1. The number of anilines is 1. The van der Waals surface area contributed by atoms with Crippen LogP contribution in [0.2, 0.25) is 0 Å². The van der Waals surface area contributed by atoms with Gasteiger partial charge < -0.3 is 10.0 Å². The lowest BCUT2D eigenvalue weighted by Crippen LogP contribution is -2.29. The van der Waals surface area contributed by atoms with Crippen molar-refractivity contribution in [2.75, 3.05) is 30.6 Å². The molecule has 0 radical (unpaired) electrons. The number of aliphatic hydroxyl groups is 1. The highest BCUT2D eigenvalue weighted by Gasteiger charge is 2.15. The molecule has 5 nitrogen and oxygen atoms in total. The van der Waals surface area contributed by atoms with Crippen LogP contribution < -0.4 is 4.72 Å². The Morgan fingerprint density at radius 1 is 1.24 bits per heavy atom. The number of aliphatic hydroxyl groups excluding tert-OH is 1. The Bertz CT molecular complexity index is 552. The van der Waals surface area contributed by atoms with E-state index in [1.165, 1.54) is 25.7 Å². The molecule has 1 aromatic carbocycles. The number of β-amino-alcohol motifs (C(OH)–C–C–N with tert-alkyl or cyclic N) is 1. The maximum Gasteiger partial charge on any atom is 0.229 e. The van der Waals surface area contributed by atoms with E-state index in [0.29, 0.717) is 12.2 Å². The smallest absolute Gasteiger partial charge is 0.229 e. The van der Waals surface area contributed by atoms with Gasteiger partial charge in [-0.1, -0.05) is 25.0 Å². The molecule has 21 heavy (non-hydrogen) atoms. The molecule has 118 valence electrons. The van der Waals surface area contributed by atoms with Crippen molar-refractivity contribution in [1.82, 2.24) is 4.90 Å². The Kier molecular flexibility index (Phi) is 5.61. The number of rotatable bonds is 5. The fourth-order valence-electron chi connectivity index (χ4n) is 2.69. The maximum absolute atomic E-state index is 11.3. The molecule has 2 N–H and O–H groups in total. The highest BCUT2D eigenvalue weighted by molar-refractivity contribution is 7.92. The minimum atomic E-state index is -3.29. The zero-order valence-corrected chi connectivity index (χ0v) is 13.3. The molecule has 1 saturated heterocycles. The molecule has 2 rings (SSSR count). The zero-order valence-electron chi connectivity index (χ0n) is 12.5. The largest absolute Gasteiger partial charge is 0.387 e. The first-order valence-corrected chi connectivity index (χ1v) is 9.31. The monoisotopic (exact) mass is 312 g/mol. The predicted molar refractivity (Wildman–Crippen MR) is 84.8 cm³/mol. The first-order valence-electron chi connectivity index (χ1n) is 7.42. The summed E-state index contributed by atoms with van der Waals surface area (Å²) in [6.07, 6.45) is 5.42. The Morgan fingerprint density at radius 3 is 2.52 bits per heavy atom. The van der Waals surface area contributed by atoms with Gasteiger partial charge in [-0.3, -0.25) is 4.72 Å². The van der Waals surface area contributed by atoms with Crippen molar-refractivity contribution in [2.24, 2.45) is 0 Å². The van der Waals surface area contributed by atoms with Crippen molar-refractivity contribution in [3.05, 3.63) is 29.8 Å². The lowest BCUT2D eigenvalue weighted by Gasteiger charge is -2.23. The van der Waals surface area contributed by atoms with Gasteiger partial charge in [0.1, 0.15) is 0 Å². The average molecular weight is 312 g/mol. The average Bonchev–Trinajstić information content (AvgIpc) is 2.65. The number of hydrogen-bond donors (Lipinski definition) is 2. The molecule has 0 saturated carbocycles. The Labute approximate surface area is 127 Å². The van der Waals surface area contributed by atoms with Crippen LogP contribution >= 0.6 is 0 Å². The summed E-state index contributed by atoms with van der Waals surface area (Å²) < 4.78 is 24.9. The summed E-state index contributed by atoms with van der Waals surface area (Å²) in [4.78, 5) is 2.29. The van der Waals surface area contributed by atoms with Crippen LogP contribution in [0.15, 0.2) is 24.3 Å². The third-order valence-corrected chi connectivity index (χ3v) is 4.31. The normalized spacial score (nSPS) is 19.0. The van der Waals surface area contributed by atoms with E-state index in [2.05, 4.69) is 9.62 Å². The van der Waals surface area contributed by atoms with Crippen LogP contribution in [0.1, 0.15) is 37.4 Å². The summed E-state index contributed by atoms with van der Waals surface area (Å²) in [5.74, 6) is 0. The molecule has 0 aromatic heterocycles. The Balaban J connectivity index is 2.01. The standard InChI is InChI=1S/C15H24N2O3S/c1-21(19,20)16-14-8-6-7-13(11-14)15(18)12-17-9-4-2-3-5-10-17/h6-8,11,15-16,18H,2-5,9-10,12H2,1H3. The molecule has 1 atom stereocenters. The molecule has 1 aliphatic heterocycles. The van der Waals surface area contributed by atoms with Crippen molar-refractivity contribution >= 4 is 15.7 Å². The van der Waals surface area contributed by atoms with Crippen LogP contribution in [-0.4, -0.2) is 44.3 Å². The molecule has 1 fully saturated rings. The molecule has 0 bridgehead atoms. The van der Waals surface area contributed by atoms with Crippen LogP contribution in [0.3, 0.4) is 0 Å². The molecule has 1 aliphatic rings. The van der Waals surface area contributed by atoms with Crippen LogP contribution in [0.4, 0.5) is 5.69 Å². The van der Waals surface area contributed by atoms with Crippen molar-refractivity contribution in [3.8, 4) is 0 Å². The zero-order chi connectivity index (χ0) is 15.3. The molecule has 1 unspecified atom stereocenters. The minimum Gasteiger partial charge on any atom is -0.387 e. The summed E-state index contributed by atoms with van der Waals surface area (Å²) in [5, 5.41) is 10.4. The van der Waals surface area contributed by atoms with Gasteiger partial charge in [0.2, 0.25) is 10.0 Å². The van der Waals surface area contributed by atoms with Crippen molar-refractivity contribution in [1.29, 1.82) is 0 Å². The summed E-state index contributed by atoms with van der Waals surface area (Å²) >= 11 is 0. The van der Waals surface area contributed by atoms with Gasteiger partial charge in [-0.15, -0.1) is 0 Å². The number of nitrogens with zero attached hydrogens (tertiary/aromatic N) is 1. The van der Waals surface area contributed by atoms with E-state index in [1.54, 1.807) is 18.2 Å². The third kappa shape index (κ3) is 5.65. The van der Waals surface area contributed by atoms with Crippen LogP contribution in [0, 0.1) is 0 Å². The topological polar surface area (TPSA) is 69.6 Å². The van der Waals surface area contributed by atoms with E-state index in [-0.39, 0.29) is 0 Å². The van der Waals surface area contributed by atoms with Crippen LogP contribution in [0.25, 0.3) is 0 Å². The second kappa shape index (κ2) is 7.24. The van der Waals surface area contributed by atoms with Gasteiger partial charge in [-0.25, -0.2) is 8.42 Å². The fourth-order valence-corrected chi connectivity index (χ4v) is 3.25. The molecular weight excluding hydrogens is 288 g/mol. The van der Waals surface area contributed by atoms with E-state index in [0.717, 1.165) is 24.9 Å². The Hall–Kier alpha value is -1.11. The molecular formula is C15H24N2O3S. The lowest BCUT2D eigenvalue weighted by atomic mass is 10.1. The summed E-state index contributed by atoms with van der Waals surface area (Å²) in [7, 11) is -3.29. The van der Waals surface area contributed by atoms with Gasteiger partial charge in [0.25, 0.3) is 0 Å². The highest BCUT2D eigenvalue weighted by Crippen LogP contribution is 2.20. The number of benzene rings is 1. The van der Waals surface area contributed by atoms with Crippen LogP contribution in [0.5, 0.6) is 0 Å². The number of hydrogen-bond acceptors (Lipinski definition) is 4. The van der Waals surface area contributed by atoms with Gasteiger partial charge in [0.05, 0.1) is 12.4 Å². The number of likely N-dealkylation sites (tertiary alicyclic amines) is 1. The number of sulfonamides is 1. The minimum absolute atomic E-state index is 0.491. The first-order chi connectivity index (χ1) is 9.94. The molecule has 0 aliphatic carbocycles. The van der Waals surface area contributed by atoms with E-state index in [9.17, 15) is 13.5 Å². The van der Waals surface area contributed by atoms with Gasteiger partial charge in [-0.05, 0) is 43.6 Å². The van der Waals surface area contributed by atoms with E-state index in [1.807, 2.05) is 6.07 Å². The highest BCUT2D eigenvalue weighted by atomic mass is 32.2.